The van der Waals surface area contributed by atoms with Crippen molar-refractivity contribution in [1.29, 1.82) is 0 Å². The van der Waals surface area contributed by atoms with Crippen LogP contribution in [0.4, 0.5) is 4.39 Å². The van der Waals surface area contributed by atoms with Crippen LogP contribution in [0.2, 0.25) is 0 Å². The molecule has 2 heterocycles. The molecule has 1 aliphatic heterocycles. The van der Waals surface area contributed by atoms with Gasteiger partial charge in [0.25, 0.3) is 0 Å². The summed E-state index contributed by atoms with van der Waals surface area (Å²) in [6, 6.07) is 6.03. The molecule has 1 aromatic carbocycles. The van der Waals surface area contributed by atoms with Gasteiger partial charge in [-0.1, -0.05) is 17.3 Å². The fourth-order valence-corrected chi connectivity index (χ4v) is 2.59. The van der Waals surface area contributed by atoms with Crippen molar-refractivity contribution >= 4 is 5.97 Å². The molecular weight excluding hydrogens is 289 g/mol. The van der Waals surface area contributed by atoms with E-state index in [1.165, 1.54) is 12.1 Å². The van der Waals surface area contributed by atoms with Gasteiger partial charge < -0.3 is 9.63 Å². The Balaban J connectivity index is 1.62. The number of rotatable bonds is 4. The summed E-state index contributed by atoms with van der Waals surface area (Å²) in [4.78, 5) is 17.3. The number of benzene rings is 1. The molecule has 1 aliphatic rings. The highest BCUT2D eigenvalue weighted by molar-refractivity contribution is 5.70. The minimum Gasteiger partial charge on any atom is -0.481 e. The molecule has 1 N–H and O–H groups in total. The first-order valence-electron chi connectivity index (χ1n) is 7.15. The summed E-state index contributed by atoms with van der Waals surface area (Å²) in [5.41, 5.74) is 0.569. The number of hydrogen-bond acceptors (Lipinski definition) is 5. The van der Waals surface area contributed by atoms with Crippen LogP contribution >= 0.6 is 0 Å². The zero-order chi connectivity index (χ0) is 15.5. The van der Waals surface area contributed by atoms with Crippen LogP contribution in [-0.2, 0) is 11.3 Å². The summed E-state index contributed by atoms with van der Waals surface area (Å²) in [5.74, 6) is -0.532. The minimum absolute atomic E-state index is 0.262. The van der Waals surface area contributed by atoms with Crippen molar-refractivity contribution in [3.8, 4) is 11.4 Å². The summed E-state index contributed by atoms with van der Waals surface area (Å²) < 4.78 is 18.4. The fraction of sp³-hybridized carbons (Fsp3) is 0.400. The van der Waals surface area contributed by atoms with Gasteiger partial charge in [0.05, 0.1) is 12.5 Å². The first-order valence-corrected chi connectivity index (χ1v) is 7.15. The van der Waals surface area contributed by atoms with Gasteiger partial charge in [0.1, 0.15) is 5.82 Å². The summed E-state index contributed by atoms with van der Waals surface area (Å²) in [6.45, 7) is 1.86. The average molecular weight is 305 g/mol. The molecule has 0 unspecified atom stereocenters. The van der Waals surface area contributed by atoms with Crippen LogP contribution in [0.3, 0.4) is 0 Å². The van der Waals surface area contributed by atoms with E-state index in [0.29, 0.717) is 49.8 Å². The number of carbonyl (C=O) groups is 1. The summed E-state index contributed by atoms with van der Waals surface area (Å²) in [5, 5.41) is 12.8. The lowest BCUT2D eigenvalue weighted by atomic mass is 9.97. The average Bonchev–Trinajstić information content (AvgIpc) is 2.96. The highest BCUT2D eigenvalue weighted by Crippen LogP contribution is 2.20. The van der Waals surface area contributed by atoms with Crippen molar-refractivity contribution < 1.29 is 18.8 Å². The second kappa shape index (κ2) is 6.23. The van der Waals surface area contributed by atoms with Gasteiger partial charge in [-0.25, -0.2) is 4.39 Å². The van der Waals surface area contributed by atoms with E-state index < -0.39 is 5.97 Å². The molecule has 7 heteroatoms. The number of carboxylic acid groups (broad SMARTS) is 1. The second-order valence-corrected chi connectivity index (χ2v) is 5.41. The van der Waals surface area contributed by atoms with E-state index in [2.05, 4.69) is 15.0 Å². The quantitative estimate of drug-likeness (QED) is 0.932. The Morgan fingerprint density at radius 2 is 2.18 bits per heavy atom. The second-order valence-electron chi connectivity index (χ2n) is 5.41. The smallest absolute Gasteiger partial charge is 0.306 e. The molecule has 2 aromatic rings. The molecule has 0 aliphatic carbocycles. The summed E-state index contributed by atoms with van der Waals surface area (Å²) >= 11 is 0. The maximum absolute atomic E-state index is 13.2. The standard InChI is InChI=1S/C15H16FN3O3/c16-12-3-1-2-11(8-12)14-17-13(22-18-14)9-19-6-4-10(5-7-19)15(20)21/h1-3,8,10H,4-7,9H2,(H,20,21). The molecule has 0 radical (unpaired) electrons. The molecule has 0 saturated carbocycles. The predicted octanol–water partition coefficient (Wildman–Crippen LogP) is 2.17. The van der Waals surface area contributed by atoms with E-state index in [4.69, 9.17) is 9.63 Å². The van der Waals surface area contributed by atoms with Gasteiger partial charge in [-0.3, -0.25) is 9.69 Å². The third-order valence-electron chi connectivity index (χ3n) is 3.85. The number of hydrogen-bond donors (Lipinski definition) is 1. The lowest BCUT2D eigenvalue weighted by Crippen LogP contribution is -2.35. The molecule has 0 amide bonds. The zero-order valence-corrected chi connectivity index (χ0v) is 11.9. The number of nitrogens with zero attached hydrogens (tertiary/aromatic N) is 3. The van der Waals surface area contributed by atoms with Crippen molar-refractivity contribution in [1.82, 2.24) is 15.0 Å². The van der Waals surface area contributed by atoms with Crippen LogP contribution in [0.5, 0.6) is 0 Å². The van der Waals surface area contributed by atoms with Crippen molar-refractivity contribution in [3.05, 3.63) is 36.0 Å². The third kappa shape index (κ3) is 3.30. The number of halogens is 1. The highest BCUT2D eigenvalue weighted by Gasteiger charge is 2.25. The van der Waals surface area contributed by atoms with Crippen molar-refractivity contribution in [3.63, 3.8) is 0 Å². The normalized spacial score (nSPS) is 16.8. The maximum atomic E-state index is 13.2. The molecular formula is C15H16FN3O3. The molecule has 1 saturated heterocycles. The summed E-state index contributed by atoms with van der Waals surface area (Å²) in [7, 11) is 0. The van der Waals surface area contributed by atoms with E-state index >= 15 is 0 Å². The maximum Gasteiger partial charge on any atom is 0.306 e. The van der Waals surface area contributed by atoms with E-state index in [1.54, 1.807) is 12.1 Å². The first-order chi connectivity index (χ1) is 10.6. The molecule has 0 atom stereocenters. The number of aromatic nitrogens is 2. The molecule has 22 heavy (non-hydrogen) atoms. The Labute approximate surface area is 126 Å². The van der Waals surface area contributed by atoms with Crippen molar-refractivity contribution in [2.45, 2.75) is 19.4 Å². The van der Waals surface area contributed by atoms with E-state index in [-0.39, 0.29) is 11.7 Å². The van der Waals surface area contributed by atoms with Crippen molar-refractivity contribution in [2.24, 2.45) is 5.92 Å². The first kappa shape index (κ1) is 14.6. The Hall–Kier alpha value is -2.28. The lowest BCUT2D eigenvalue weighted by molar-refractivity contribution is -0.143. The van der Waals surface area contributed by atoms with E-state index in [1.807, 2.05) is 0 Å². The number of aliphatic carboxylic acids is 1. The fourth-order valence-electron chi connectivity index (χ4n) is 2.59. The molecule has 3 rings (SSSR count). The Morgan fingerprint density at radius 3 is 2.86 bits per heavy atom. The largest absolute Gasteiger partial charge is 0.481 e. The Morgan fingerprint density at radius 1 is 1.41 bits per heavy atom. The zero-order valence-electron chi connectivity index (χ0n) is 11.9. The van der Waals surface area contributed by atoms with Gasteiger partial charge in [-0.05, 0) is 38.1 Å². The van der Waals surface area contributed by atoms with Crippen LogP contribution in [0, 0.1) is 11.7 Å². The van der Waals surface area contributed by atoms with Gasteiger partial charge in [0.2, 0.25) is 11.7 Å². The molecule has 116 valence electrons. The van der Waals surface area contributed by atoms with Gasteiger partial charge >= 0.3 is 5.97 Å². The van der Waals surface area contributed by atoms with Crippen molar-refractivity contribution in [2.75, 3.05) is 13.1 Å². The van der Waals surface area contributed by atoms with Gasteiger partial charge in [-0.15, -0.1) is 0 Å². The molecule has 0 spiro atoms. The van der Waals surface area contributed by atoms with Gasteiger partial charge in [0, 0.05) is 5.56 Å². The van der Waals surface area contributed by atoms with E-state index in [9.17, 15) is 9.18 Å². The van der Waals surface area contributed by atoms with Crippen LogP contribution in [0.1, 0.15) is 18.7 Å². The van der Waals surface area contributed by atoms with Gasteiger partial charge in [0.15, 0.2) is 0 Å². The van der Waals surface area contributed by atoms with Crippen LogP contribution in [0.25, 0.3) is 11.4 Å². The van der Waals surface area contributed by atoms with Crippen LogP contribution in [-0.4, -0.2) is 39.2 Å². The highest BCUT2D eigenvalue weighted by atomic mass is 19.1. The van der Waals surface area contributed by atoms with Gasteiger partial charge in [-0.2, -0.15) is 4.98 Å². The molecule has 1 fully saturated rings. The molecule has 0 bridgehead atoms. The van der Waals surface area contributed by atoms with Crippen LogP contribution in [0.15, 0.2) is 28.8 Å². The molecule has 6 nitrogen and oxygen atoms in total. The Kier molecular flexibility index (Phi) is 4.15. The number of piperidine rings is 1. The number of carboxylic acids is 1. The topological polar surface area (TPSA) is 79.5 Å². The van der Waals surface area contributed by atoms with E-state index in [0.717, 1.165) is 0 Å². The van der Waals surface area contributed by atoms with Crippen LogP contribution < -0.4 is 0 Å². The minimum atomic E-state index is -0.731. The number of likely N-dealkylation sites (tertiary alicyclic amines) is 1. The Bertz CT molecular complexity index is 666. The lowest BCUT2D eigenvalue weighted by Gasteiger charge is -2.28. The third-order valence-corrected chi connectivity index (χ3v) is 3.85. The predicted molar refractivity (Wildman–Crippen MR) is 75.3 cm³/mol. The summed E-state index contributed by atoms with van der Waals surface area (Å²) in [6.07, 6.45) is 1.25. The SMILES string of the molecule is O=C(O)C1CCN(Cc2nc(-c3cccc(F)c3)no2)CC1. The molecule has 1 aromatic heterocycles. The monoisotopic (exact) mass is 305 g/mol.